The Bertz CT molecular complexity index is 825. The number of thiazole rings is 1. The molecule has 0 bridgehead atoms. The maximum Gasteiger partial charge on any atom is 0.323 e. The van der Waals surface area contributed by atoms with E-state index in [2.05, 4.69) is 20.2 Å². The van der Waals surface area contributed by atoms with Gasteiger partial charge in [-0.1, -0.05) is 23.5 Å². The highest BCUT2D eigenvalue weighted by atomic mass is 32.1. The SMILES string of the molecule is O=C(Nc1nc2ccccc2s1)N1CCN(Cc2ccncc2)CC1. The summed E-state index contributed by atoms with van der Waals surface area (Å²) >= 11 is 1.51. The standard InChI is InChI=1S/C18H19N5OS/c24-18(21-17-20-15-3-1-2-4-16(15)25-17)23-11-9-22(10-12-23)13-14-5-7-19-8-6-14/h1-8H,9-13H2,(H,20,21,24). The number of aromatic nitrogens is 2. The maximum atomic E-state index is 12.5. The first-order valence-electron chi connectivity index (χ1n) is 8.31. The van der Waals surface area contributed by atoms with Crippen molar-refractivity contribution < 1.29 is 4.79 Å². The maximum absolute atomic E-state index is 12.5. The normalized spacial score (nSPS) is 15.4. The molecule has 2 amide bonds. The Balaban J connectivity index is 1.32. The number of hydrogen-bond donors (Lipinski definition) is 1. The molecule has 0 aliphatic carbocycles. The number of hydrogen-bond acceptors (Lipinski definition) is 5. The zero-order valence-electron chi connectivity index (χ0n) is 13.8. The van der Waals surface area contributed by atoms with E-state index >= 15 is 0 Å². The topological polar surface area (TPSA) is 61.4 Å². The fraction of sp³-hybridized carbons (Fsp3) is 0.278. The number of carbonyl (C=O) groups excluding carboxylic acids is 1. The molecular weight excluding hydrogens is 334 g/mol. The van der Waals surface area contributed by atoms with Crippen LogP contribution in [0.25, 0.3) is 10.2 Å². The van der Waals surface area contributed by atoms with Gasteiger partial charge < -0.3 is 4.90 Å². The number of pyridine rings is 1. The van der Waals surface area contributed by atoms with E-state index in [-0.39, 0.29) is 6.03 Å². The second kappa shape index (κ2) is 7.16. The lowest BCUT2D eigenvalue weighted by Gasteiger charge is -2.34. The number of piperazine rings is 1. The third kappa shape index (κ3) is 3.78. The Kier molecular flexibility index (Phi) is 4.58. The van der Waals surface area contributed by atoms with Crippen molar-refractivity contribution in [3.05, 3.63) is 54.4 Å². The molecular formula is C18H19N5OS. The minimum Gasteiger partial charge on any atom is -0.322 e. The van der Waals surface area contributed by atoms with Crippen LogP contribution in [-0.2, 0) is 6.54 Å². The van der Waals surface area contributed by atoms with Crippen LogP contribution < -0.4 is 5.32 Å². The molecule has 0 radical (unpaired) electrons. The third-order valence-electron chi connectivity index (χ3n) is 4.32. The van der Waals surface area contributed by atoms with Gasteiger partial charge >= 0.3 is 6.03 Å². The molecule has 25 heavy (non-hydrogen) atoms. The monoisotopic (exact) mass is 353 g/mol. The number of urea groups is 1. The summed E-state index contributed by atoms with van der Waals surface area (Å²) in [4.78, 5) is 25.2. The molecule has 7 heteroatoms. The number of benzene rings is 1. The molecule has 3 heterocycles. The first-order chi connectivity index (χ1) is 12.3. The molecule has 1 aliphatic heterocycles. The van der Waals surface area contributed by atoms with Crippen LogP contribution in [0.2, 0.25) is 0 Å². The molecule has 1 saturated heterocycles. The molecule has 3 aromatic rings. The smallest absolute Gasteiger partial charge is 0.322 e. The first-order valence-corrected chi connectivity index (χ1v) is 9.12. The number of fused-ring (bicyclic) bond motifs is 1. The van der Waals surface area contributed by atoms with Crippen LogP contribution >= 0.6 is 11.3 Å². The minimum absolute atomic E-state index is 0.0670. The Hall–Kier alpha value is -2.51. The molecule has 0 unspecified atom stereocenters. The van der Waals surface area contributed by atoms with E-state index in [4.69, 9.17) is 0 Å². The Morgan fingerprint density at radius 2 is 1.84 bits per heavy atom. The van der Waals surface area contributed by atoms with Gasteiger partial charge in [-0.2, -0.15) is 0 Å². The van der Waals surface area contributed by atoms with Crippen molar-refractivity contribution in [2.45, 2.75) is 6.54 Å². The van der Waals surface area contributed by atoms with Crippen molar-refractivity contribution >= 4 is 32.7 Å². The highest BCUT2D eigenvalue weighted by Crippen LogP contribution is 2.25. The van der Waals surface area contributed by atoms with E-state index in [1.165, 1.54) is 16.9 Å². The van der Waals surface area contributed by atoms with Gasteiger partial charge in [0, 0.05) is 45.1 Å². The fourth-order valence-electron chi connectivity index (χ4n) is 2.95. The third-order valence-corrected chi connectivity index (χ3v) is 5.27. The molecule has 4 rings (SSSR count). The van der Waals surface area contributed by atoms with E-state index in [0.29, 0.717) is 5.13 Å². The lowest BCUT2D eigenvalue weighted by atomic mass is 10.2. The predicted molar refractivity (Wildman–Crippen MR) is 99.7 cm³/mol. The number of carbonyl (C=O) groups is 1. The molecule has 0 atom stereocenters. The van der Waals surface area contributed by atoms with E-state index in [1.807, 2.05) is 53.7 Å². The molecule has 1 fully saturated rings. The highest BCUT2D eigenvalue weighted by Gasteiger charge is 2.21. The lowest BCUT2D eigenvalue weighted by Crippen LogP contribution is -2.49. The van der Waals surface area contributed by atoms with Crippen LogP contribution in [0.4, 0.5) is 9.93 Å². The predicted octanol–water partition coefficient (Wildman–Crippen LogP) is 3.04. The van der Waals surface area contributed by atoms with Gasteiger partial charge in [-0.15, -0.1) is 0 Å². The lowest BCUT2D eigenvalue weighted by molar-refractivity contribution is 0.143. The van der Waals surface area contributed by atoms with E-state index in [9.17, 15) is 4.79 Å². The summed E-state index contributed by atoms with van der Waals surface area (Å²) in [6.07, 6.45) is 3.63. The van der Waals surface area contributed by atoms with Gasteiger partial charge in [0.1, 0.15) is 0 Å². The fourth-order valence-corrected chi connectivity index (χ4v) is 3.81. The number of rotatable bonds is 3. The average Bonchev–Trinajstić information content (AvgIpc) is 3.05. The summed E-state index contributed by atoms with van der Waals surface area (Å²) in [5.74, 6) is 0. The van der Waals surface area contributed by atoms with Gasteiger partial charge in [-0.25, -0.2) is 9.78 Å². The minimum atomic E-state index is -0.0670. The molecule has 1 aliphatic rings. The van der Waals surface area contributed by atoms with Gasteiger partial charge in [0.05, 0.1) is 10.2 Å². The second-order valence-corrected chi connectivity index (χ2v) is 7.07. The van der Waals surface area contributed by atoms with Crippen LogP contribution in [0.5, 0.6) is 0 Å². The Labute approximate surface area is 150 Å². The second-order valence-electron chi connectivity index (χ2n) is 6.04. The van der Waals surface area contributed by atoms with Crippen molar-refractivity contribution in [3.8, 4) is 0 Å². The van der Waals surface area contributed by atoms with Crippen molar-refractivity contribution in [2.24, 2.45) is 0 Å². The summed E-state index contributed by atoms with van der Waals surface area (Å²) < 4.78 is 1.08. The van der Waals surface area contributed by atoms with Gasteiger partial charge in [-0.05, 0) is 29.8 Å². The quantitative estimate of drug-likeness (QED) is 0.786. The van der Waals surface area contributed by atoms with Gasteiger partial charge in [0.15, 0.2) is 5.13 Å². The largest absolute Gasteiger partial charge is 0.323 e. The first kappa shape index (κ1) is 16.0. The van der Waals surface area contributed by atoms with Gasteiger partial charge in [-0.3, -0.25) is 15.2 Å². The van der Waals surface area contributed by atoms with Gasteiger partial charge in [0.25, 0.3) is 0 Å². The highest BCUT2D eigenvalue weighted by molar-refractivity contribution is 7.22. The Morgan fingerprint density at radius 3 is 2.60 bits per heavy atom. The zero-order chi connectivity index (χ0) is 17.1. The molecule has 1 N–H and O–H groups in total. The number of amides is 2. The molecule has 2 aromatic heterocycles. The van der Waals surface area contributed by atoms with Crippen molar-refractivity contribution in [1.29, 1.82) is 0 Å². The van der Waals surface area contributed by atoms with Crippen molar-refractivity contribution in [3.63, 3.8) is 0 Å². The van der Waals surface area contributed by atoms with E-state index < -0.39 is 0 Å². The van der Waals surface area contributed by atoms with Crippen LogP contribution in [0.1, 0.15) is 5.56 Å². The van der Waals surface area contributed by atoms with Crippen LogP contribution in [0.3, 0.4) is 0 Å². The number of para-hydroxylation sites is 1. The van der Waals surface area contributed by atoms with Crippen molar-refractivity contribution in [2.75, 3.05) is 31.5 Å². The summed E-state index contributed by atoms with van der Waals surface area (Å²) in [5.41, 5.74) is 2.17. The summed E-state index contributed by atoms with van der Waals surface area (Å²) in [6, 6.07) is 11.9. The molecule has 0 spiro atoms. The van der Waals surface area contributed by atoms with E-state index in [0.717, 1.165) is 42.9 Å². The van der Waals surface area contributed by atoms with Crippen LogP contribution in [0, 0.1) is 0 Å². The van der Waals surface area contributed by atoms with Gasteiger partial charge in [0.2, 0.25) is 0 Å². The molecule has 1 aromatic carbocycles. The van der Waals surface area contributed by atoms with Crippen LogP contribution in [0.15, 0.2) is 48.8 Å². The molecule has 6 nitrogen and oxygen atoms in total. The number of nitrogens with zero attached hydrogens (tertiary/aromatic N) is 4. The summed E-state index contributed by atoms with van der Waals surface area (Å²) in [7, 11) is 0. The number of nitrogens with one attached hydrogen (secondary N) is 1. The van der Waals surface area contributed by atoms with Crippen LogP contribution in [-0.4, -0.2) is 52.0 Å². The zero-order valence-corrected chi connectivity index (χ0v) is 14.6. The molecule has 128 valence electrons. The van der Waals surface area contributed by atoms with E-state index in [1.54, 1.807) is 0 Å². The summed E-state index contributed by atoms with van der Waals surface area (Å²) in [5, 5.41) is 3.59. The Morgan fingerprint density at radius 1 is 1.08 bits per heavy atom. The average molecular weight is 353 g/mol. The molecule has 0 saturated carbocycles. The summed E-state index contributed by atoms with van der Waals surface area (Å²) in [6.45, 7) is 4.09. The van der Waals surface area contributed by atoms with Crippen molar-refractivity contribution in [1.82, 2.24) is 19.8 Å². The number of anilines is 1.